The third-order valence-corrected chi connectivity index (χ3v) is 2.77. The summed E-state index contributed by atoms with van der Waals surface area (Å²) in [6.45, 7) is 0.664. The fourth-order valence-electron chi connectivity index (χ4n) is 1.42. The first-order valence-electron chi connectivity index (χ1n) is 5.70. The van der Waals surface area contributed by atoms with Crippen LogP contribution in [-0.4, -0.2) is 10.1 Å². The smallest absolute Gasteiger partial charge is 0.185 e. The first kappa shape index (κ1) is 13.6. The first-order chi connectivity index (χ1) is 9.24. The Bertz CT molecular complexity index is 547. The van der Waals surface area contributed by atoms with Crippen molar-refractivity contribution in [2.45, 2.75) is 6.54 Å². The summed E-state index contributed by atoms with van der Waals surface area (Å²) in [5.41, 5.74) is 6.88. The van der Waals surface area contributed by atoms with Crippen LogP contribution >= 0.6 is 23.8 Å². The summed E-state index contributed by atoms with van der Waals surface area (Å²) in [5, 5.41) is 4.00. The van der Waals surface area contributed by atoms with E-state index in [4.69, 9.17) is 23.8 Å². The fraction of sp³-hybridized carbons (Fsp3) is 0.0769. The zero-order chi connectivity index (χ0) is 13.5. The third-order valence-electron chi connectivity index (χ3n) is 2.32. The molecule has 3 N–H and O–H groups in total. The van der Waals surface area contributed by atoms with Crippen LogP contribution < -0.4 is 16.2 Å². The Morgan fingerprint density at radius 3 is 2.63 bits per heavy atom. The minimum atomic E-state index is 0.426. The lowest BCUT2D eigenvalue weighted by atomic mass is 10.2. The number of aromatic nitrogens is 1. The second-order valence-electron chi connectivity index (χ2n) is 3.76. The molecule has 1 aromatic heterocycles. The standard InChI is InChI=1S/C13H13ClN4S/c14-11-7-4-8-12(16-11)17-18-13(19)15-9-10-5-2-1-3-6-10/h1-8H,9H2,(H,16,17)(H2,15,18,19). The van der Waals surface area contributed by atoms with Gasteiger partial charge >= 0.3 is 0 Å². The highest BCUT2D eigenvalue weighted by Crippen LogP contribution is 2.07. The number of benzene rings is 1. The molecule has 19 heavy (non-hydrogen) atoms. The Balaban J connectivity index is 1.76. The summed E-state index contributed by atoms with van der Waals surface area (Å²) in [5.74, 6) is 0.608. The Kier molecular flexibility index (Phi) is 4.94. The maximum Gasteiger partial charge on any atom is 0.185 e. The predicted octanol–water partition coefficient (Wildman–Crippen LogP) is 2.73. The van der Waals surface area contributed by atoms with Crippen molar-refractivity contribution in [3.63, 3.8) is 0 Å². The van der Waals surface area contributed by atoms with E-state index < -0.39 is 0 Å². The van der Waals surface area contributed by atoms with Crippen molar-refractivity contribution >= 4 is 34.7 Å². The molecule has 2 rings (SSSR count). The number of hydrogen-bond donors (Lipinski definition) is 3. The van der Waals surface area contributed by atoms with Crippen LogP contribution in [0.2, 0.25) is 5.15 Å². The topological polar surface area (TPSA) is 49.0 Å². The molecule has 0 amide bonds. The summed E-state index contributed by atoms with van der Waals surface area (Å²) >= 11 is 10.9. The van der Waals surface area contributed by atoms with Gasteiger partial charge in [0.05, 0.1) is 0 Å². The van der Waals surface area contributed by atoms with Gasteiger partial charge in [-0.05, 0) is 29.9 Å². The second kappa shape index (κ2) is 6.92. The van der Waals surface area contributed by atoms with Crippen LogP contribution in [0.3, 0.4) is 0 Å². The van der Waals surface area contributed by atoms with Crippen molar-refractivity contribution in [2.75, 3.05) is 5.43 Å². The maximum absolute atomic E-state index is 5.77. The average molecular weight is 293 g/mol. The molecule has 0 fully saturated rings. The minimum Gasteiger partial charge on any atom is -0.357 e. The highest BCUT2D eigenvalue weighted by molar-refractivity contribution is 7.80. The Morgan fingerprint density at radius 1 is 1.11 bits per heavy atom. The zero-order valence-corrected chi connectivity index (χ0v) is 11.6. The summed E-state index contributed by atoms with van der Waals surface area (Å²) in [7, 11) is 0. The van der Waals surface area contributed by atoms with Crippen LogP contribution in [0.25, 0.3) is 0 Å². The highest BCUT2D eigenvalue weighted by Gasteiger charge is 1.97. The summed E-state index contributed by atoms with van der Waals surface area (Å²) in [6, 6.07) is 15.3. The largest absolute Gasteiger partial charge is 0.357 e. The van der Waals surface area contributed by atoms with Gasteiger partial charge in [0, 0.05) is 6.54 Å². The van der Waals surface area contributed by atoms with Gasteiger partial charge in [-0.15, -0.1) is 0 Å². The maximum atomic E-state index is 5.77. The van der Waals surface area contributed by atoms with Crippen molar-refractivity contribution in [1.82, 2.24) is 15.7 Å². The number of hydrogen-bond acceptors (Lipinski definition) is 3. The predicted molar refractivity (Wildman–Crippen MR) is 81.9 cm³/mol. The molecule has 98 valence electrons. The molecule has 1 aromatic carbocycles. The average Bonchev–Trinajstić information content (AvgIpc) is 2.44. The van der Waals surface area contributed by atoms with Gasteiger partial charge in [-0.1, -0.05) is 48.0 Å². The van der Waals surface area contributed by atoms with Crippen LogP contribution in [0.1, 0.15) is 5.56 Å². The molecule has 0 aliphatic heterocycles. The van der Waals surface area contributed by atoms with Gasteiger partial charge in [-0.3, -0.25) is 10.9 Å². The van der Waals surface area contributed by atoms with Gasteiger partial charge in [-0.2, -0.15) is 0 Å². The summed E-state index contributed by atoms with van der Waals surface area (Å²) in [4.78, 5) is 4.07. The van der Waals surface area contributed by atoms with Crippen LogP contribution in [0.5, 0.6) is 0 Å². The van der Waals surface area contributed by atoms with E-state index in [-0.39, 0.29) is 0 Å². The van der Waals surface area contributed by atoms with Gasteiger partial charge in [0.2, 0.25) is 0 Å². The summed E-state index contributed by atoms with van der Waals surface area (Å²) < 4.78 is 0. The number of nitrogens with zero attached hydrogens (tertiary/aromatic N) is 1. The van der Waals surface area contributed by atoms with Crippen molar-refractivity contribution < 1.29 is 0 Å². The van der Waals surface area contributed by atoms with Crippen LogP contribution in [0.15, 0.2) is 48.5 Å². The van der Waals surface area contributed by atoms with Gasteiger partial charge in [0.15, 0.2) is 5.11 Å². The van der Waals surface area contributed by atoms with Crippen LogP contribution in [0, 0.1) is 0 Å². The molecule has 4 nitrogen and oxygen atoms in total. The number of halogens is 1. The van der Waals surface area contributed by atoms with E-state index in [1.165, 1.54) is 0 Å². The normalized spacial score (nSPS) is 9.74. The molecule has 6 heteroatoms. The van der Waals surface area contributed by atoms with E-state index in [0.29, 0.717) is 22.6 Å². The van der Waals surface area contributed by atoms with Crippen LogP contribution in [-0.2, 0) is 6.54 Å². The van der Waals surface area contributed by atoms with Gasteiger partial charge in [-0.25, -0.2) is 4.98 Å². The zero-order valence-electron chi connectivity index (χ0n) is 10.1. The highest BCUT2D eigenvalue weighted by atomic mass is 35.5. The van der Waals surface area contributed by atoms with Crippen molar-refractivity contribution in [3.05, 3.63) is 59.2 Å². The van der Waals surface area contributed by atoms with Crippen molar-refractivity contribution in [1.29, 1.82) is 0 Å². The van der Waals surface area contributed by atoms with E-state index in [0.717, 1.165) is 5.56 Å². The van der Waals surface area contributed by atoms with Crippen LogP contribution in [0.4, 0.5) is 5.82 Å². The molecule has 0 atom stereocenters. The molecule has 2 aromatic rings. The van der Waals surface area contributed by atoms with Gasteiger partial charge < -0.3 is 5.32 Å². The lowest BCUT2D eigenvalue weighted by Crippen LogP contribution is -2.38. The Hall–Kier alpha value is -1.85. The molecule has 0 unspecified atom stereocenters. The van der Waals surface area contributed by atoms with E-state index in [2.05, 4.69) is 21.2 Å². The molecule has 0 radical (unpaired) electrons. The molecule has 0 saturated heterocycles. The fourth-order valence-corrected chi connectivity index (χ4v) is 1.71. The lowest BCUT2D eigenvalue weighted by molar-refractivity contribution is 0.884. The van der Waals surface area contributed by atoms with Crippen molar-refractivity contribution in [3.8, 4) is 0 Å². The first-order valence-corrected chi connectivity index (χ1v) is 6.49. The Labute approximate surface area is 122 Å². The molecule has 1 heterocycles. The van der Waals surface area contributed by atoms with E-state index >= 15 is 0 Å². The number of pyridine rings is 1. The minimum absolute atomic E-state index is 0.426. The van der Waals surface area contributed by atoms with Gasteiger partial charge in [0.1, 0.15) is 11.0 Å². The number of nitrogens with one attached hydrogen (secondary N) is 3. The molecule has 0 saturated carbocycles. The van der Waals surface area contributed by atoms with E-state index in [1.54, 1.807) is 18.2 Å². The second-order valence-corrected chi connectivity index (χ2v) is 4.56. The molecule has 0 bridgehead atoms. The lowest BCUT2D eigenvalue weighted by Gasteiger charge is -2.12. The van der Waals surface area contributed by atoms with Gasteiger partial charge in [0.25, 0.3) is 0 Å². The summed E-state index contributed by atoms with van der Waals surface area (Å²) in [6.07, 6.45) is 0. The molecular weight excluding hydrogens is 280 g/mol. The number of rotatable bonds is 4. The third kappa shape index (κ3) is 4.73. The molecular formula is C13H13ClN4S. The number of thiocarbonyl (C=S) groups is 1. The quantitative estimate of drug-likeness (QED) is 0.459. The monoisotopic (exact) mass is 292 g/mol. The molecule has 0 aliphatic carbocycles. The molecule has 0 spiro atoms. The molecule has 0 aliphatic rings. The SMILES string of the molecule is S=C(NCc1ccccc1)NNc1cccc(Cl)n1. The van der Waals surface area contributed by atoms with E-state index in [1.807, 2.05) is 30.3 Å². The number of hydrazine groups is 1. The Morgan fingerprint density at radius 2 is 1.89 bits per heavy atom. The number of anilines is 1. The van der Waals surface area contributed by atoms with E-state index in [9.17, 15) is 0 Å². The van der Waals surface area contributed by atoms with Crippen molar-refractivity contribution in [2.24, 2.45) is 0 Å².